The summed E-state index contributed by atoms with van der Waals surface area (Å²) in [6, 6.07) is 0. The van der Waals surface area contributed by atoms with E-state index in [2.05, 4.69) is 17.3 Å². The van der Waals surface area contributed by atoms with Crippen molar-refractivity contribution < 1.29 is 17.8 Å². The van der Waals surface area contributed by atoms with E-state index < -0.39 is 0 Å². The Labute approximate surface area is 57.8 Å². The topological polar surface area (TPSA) is 3.24 Å². The van der Waals surface area contributed by atoms with Crippen LogP contribution in [0.4, 0.5) is 0 Å². The SMILES string of the molecule is CC[N](CC)[Mo][Cl]. The monoisotopic (exact) mass is 205 g/mol. The maximum absolute atomic E-state index is 5.62. The van der Waals surface area contributed by atoms with E-state index in [1.54, 1.807) is 0 Å². The molecule has 0 heterocycles. The predicted molar refractivity (Wildman–Crippen MR) is 28.8 cm³/mol. The molecule has 7 heavy (non-hydrogen) atoms. The van der Waals surface area contributed by atoms with Gasteiger partial charge in [0, 0.05) is 0 Å². The molecule has 0 fully saturated rings. The third kappa shape index (κ3) is 3.51. The average molecular weight is 204 g/mol. The van der Waals surface area contributed by atoms with Crippen molar-refractivity contribution in [2.75, 3.05) is 13.1 Å². The first-order valence-electron chi connectivity index (χ1n) is 2.38. The van der Waals surface area contributed by atoms with Gasteiger partial charge in [0.1, 0.15) is 0 Å². The zero-order valence-electron chi connectivity index (χ0n) is 4.65. The van der Waals surface area contributed by atoms with E-state index in [4.69, 9.17) is 9.42 Å². The first-order chi connectivity index (χ1) is 3.35. The number of nitrogens with zero attached hydrogens (tertiary/aromatic N) is 1. The Morgan fingerprint density at radius 2 is 1.86 bits per heavy atom. The molecule has 0 aliphatic rings. The molecule has 0 aliphatic heterocycles. The van der Waals surface area contributed by atoms with Gasteiger partial charge in [-0.05, 0) is 0 Å². The van der Waals surface area contributed by atoms with E-state index in [1.165, 1.54) is 0 Å². The van der Waals surface area contributed by atoms with E-state index >= 15 is 0 Å². The van der Waals surface area contributed by atoms with Gasteiger partial charge in [0.25, 0.3) is 0 Å². The summed E-state index contributed by atoms with van der Waals surface area (Å²) >= 11 is -0.301. The van der Waals surface area contributed by atoms with E-state index in [9.17, 15) is 0 Å². The van der Waals surface area contributed by atoms with Crippen LogP contribution in [-0.4, -0.2) is 16.5 Å². The van der Waals surface area contributed by atoms with Crippen molar-refractivity contribution in [3.05, 3.63) is 0 Å². The van der Waals surface area contributed by atoms with Crippen molar-refractivity contribution in [1.82, 2.24) is 3.46 Å². The van der Waals surface area contributed by atoms with Crippen molar-refractivity contribution >= 4 is 9.42 Å². The Morgan fingerprint density at radius 1 is 1.43 bits per heavy atom. The van der Waals surface area contributed by atoms with E-state index in [0.717, 1.165) is 13.1 Å². The van der Waals surface area contributed by atoms with Crippen molar-refractivity contribution in [1.29, 1.82) is 0 Å². The fourth-order valence-corrected chi connectivity index (χ4v) is 1.96. The summed E-state index contributed by atoms with van der Waals surface area (Å²) in [7, 11) is 5.62. The number of halogens is 1. The molecule has 0 aromatic carbocycles. The predicted octanol–water partition coefficient (Wildman–Crippen LogP) is 1.48. The first kappa shape index (κ1) is 7.94. The van der Waals surface area contributed by atoms with Crippen LogP contribution < -0.4 is 0 Å². The summed E-state index contributed by atoms with van der Waals surface area (Å²) in [5, 5.41) is 0. The molecule has 0 aromatic rings. The average Bonchev–Trinajstić information content (AvgIpc) is 1.72. The summed E-state index contributed by atoms with van der Waals surface area (Å²) in [6.07, 6.45) is 0. The number of rotatable bonds is 3. The summed E-state index contributed by atoms with van der Waals surface area (Å²) in [5.41, 5.74) is 0. The molecule has 3 heteroatoms. The summed E-state index contributed by atoms with van der Waals surface area (Å²) in [6.45, 7) is 6.50. The second-order valence-electron chi connectivity index (χ2n) is 1.18. The molecule has 0 aromatic heterocycles. The molecular weight excluding hydrogens is 193 g/mol. The van der Waals surface area contributed by atoms with Crippen LogP contribution in [0.2, 0.25) is 0 Å². The molecule has 0 saturated heterocycles. The summed E-state index contributed by atoms with van der Waals surface area (Å²) < 4.78 is 2.27. The fourth-order valence-electron chi connectivity index (χ4n) is 0.321. The molecular formula is C4H10ClMoN. The van der Waals surface area contributed by atoms with Gasteiger partial charge in [-0.15, -0.1) is 0 Å². The Bertz CT molecular complexity index is 33.2. The third-order valence-electron chi connectivity index (χ3n) is 0.803. The summed E-state index contributed by atoms with van der Waals surface area (Å²) in [5.74, 6) is 0. The molecule has 0 spiro atoms. The molecule has 0 unspecified atom stereocenters. The normalized spacial score (nSPS) is 10.3. The van der Waals surface area contributed by atoms with Gasteiger partial charge in [0.15, 0.2) is 0 Å². The molecule has 0 bridgehead atoms. The Kier molecular flexibility index (Phi) is 5.76. The molecule has 0 atom stereocenters. The Morgan fingerprint density at radius 3 is 1.86 bits per heavy atom. The molecule has 0 rings (SSSR count). The second kappa shape index (κ2) is 5.08. The quantitative estimate of drug-likeness (QED) is 0.628. The van der Waals surface area contributed by atoms with Crippen LogP contribution in [0.15, 0.2) is 0 Å². The van der Waals surface area contributed by atoms with Gasteiger partial charge in [-0.1, -0.05) is 0 Å². The molecule has 0 aliphatic carbocycles. The van der Waals surface area contributed by atoms with Crippen LogP contribution in [0.1, 0.15) is 13.8 Å². The molecule has 0 N–H and O–H groups in total. The van der Waals surface area contributed by atoms with Crippen LogP contribution in [-0.2, 0) is 17.8 Å². The second-order valence-corrected chi connectivity index (χ2v) is 3.61. The van der Waals surface area contributed by atoms with Gasteiger partial charge in [0.05, 0.1) is 0 Å². The van der Waals surface area contributed by atoms with E-state index in [-0.39, 0.29) is 17.8 Å². The Balaban J connectivity index is 2.99. The molecule has 44 valence electrons. The van der Waals surface area contributed by atoms with Crippen LogP contribution in [0.3, 0.4) is 0 Å². The Hall–Kier alpha value is 0.938. The minimum atomic E-state index is -0.301. The zero-order chi connectivity index (χ0) is 5.70. The van der Waals surface area contributed by atoms with Crippen molar-refractivity contribution in [2.24, 2.45) is 0 Å². The molecule has 0 amide bonds. The van der Waals surface area contributed by atoms with Gasteiger partial charge in [-0.3, -0.25) is 0 Å². The van der Waals surface area contributed by atoms with Crippen LogP contribution >= 0.6 is 9.42 Å². The zero-order valence-corrected chi connectivity index (χ0v) is 7.41. The van der Waals surface area contributed by atoms with E-state index in [0.29, 0.717) is 0 Å². The molecule has 0 radical (unpaired) electrons. The first-order valence-corrected chi connectivity index (χ1v) is 5.87. The fraction of sp³-hybridized carbons (Fsp3) is 1.00. The van der Waals surface area contributed by atoms with Crippen LogP contribution in [0, 0.1) is 0 Å². The number of hydrogen-bond acceptors (Lipinski definition) is 1. The van der Waals surface area contributed by atoms with Gasteiger partial charge in [-0.25, -0.2) is 0 Å². The van der Waals surface area contributed by atoms with Crippen molar-refractivity contribution in [3.8, 4) is 0 Å². The van der Waals surface area contributed by atoms with Gasteiger partial charge < -0.3 is 0 Å². The van der Waals surface area contributed by atoms with Gasteiger partial charge in [0.2, 0.25) is 0 Å². The van der Waals surface area contributed by atoms with Crippen molar-refractivity contribution in [2.45, 2.75) is 13.8 Å². The minimum absolute atomic E-state index is 0.301. The maximum atomic E-state index is 5.62. The van der Waals surface area contributed by atoms with Crippen LogP contribution in [0.25, 0.3) is 0 Å². The van der Waals surface area contributed by atoms with Crippen LogP contribution in [0.5, 0.6) is 0 Å². The van der Waals surface area contributed by atoms with Gasteiger partial charge in [-0.2, -0.15) is 0 Å². The molecule has 1 nitrogen and oxygen atoms in total. The van der Waals surface area contributed by atoms with E-state index in [1.807, 2.05) is 0 Å². The van der Waals surface area contributed by atoms with Crippen molar-refractivity contribution in [3.63, 3.8) is 0 Å². The summed E-state index contributed by atoms with van der Waals surface area (Å²) in [4.78, 5) is 0. The molecule has 0 saturated carbocycles. The number of hydrogen-bond donors (Lipinski definition) is 0. The third-order valence-corrected chi connectivity index (χ3v) is 3.71. The van der Waals surface area contributed by atoms with Gasteiger partial charge >= 0.3 is 57.6 Å². The standard InChI is InChI=1S/C4H10N.ClH.Mo/c1-3-5-4-2;;/h3-4H2,1-2H3;1H;/q-1;;+2/p-1.